The highest BCUT2D eigenvalue weighted by Gasteiger charge is 2.22. The summed E-state index contributed by atoms with van der Waals surface area (Å²) in [4.78, 5) is 48.3. The van der Waals surface area contributed by atoms with Crippen molar-refractivity contribution in [1.82, 2.24) is 10.6 Å². The second kappa shape index (κ2) is 13.7. The van der Waals surface area contributed by atoms with Gasteiger partial charge in [-0.05, 0) is 61.9 Å². The molecule has 2 amide bonds. The third-order valence-electron chi connectivity index (χ3n) is 5.97. The van der Waals surface area contributed by atoms with E-state index >= 15 is 0 Å². The van der Waals surface area contributed by atoms with Crippen LogP contribution in [0.5, 0.6) is 5.75 Å². The number of amides is 2. The fourth-order valence-electron chi connectivity index (χ4n) is 3.80. The summed E-state index contributed by atoms with van der Waals surface area (Å²) in [7, 11) is -10.3. The largest absolute Gasteiger partial charge is 0.744 e. The van der Waals surface area contributed by atoms with E-state index in [1.807, 2.05) is 6.92 Å². The molecule has 0 saturated heterocycles. The van der Waals surface area contributed by atoms with Gasteiger partial charge in [0.05, 0.1) is 15.4 Å². The van der Waals surface area contributed by atoms with Gasteiger partial charge in [0.25, 0.3) is 11.8 Å². The van der Waals surface area contributed by atoms with Crippen LogP contribution in [0.1, 0.15) is 73.7 Å². The van der Waals surface area contributed by atoms with Crippen LogP contribution in [-0.2, 0) is 20.2 Å². The topological polar surface area (TPSA) is 216 Å². The van der Waals surface area contributed by atoms with Crippen molar-refractivity contribution in [2.75, 3.05) is 13.1 Å². The molecule has 3 rings (SSSR count). The molecule has 0 heterocycles. The van der Waals surface area contributed by atoms with Crippen LogP contribution in [-0.4, -0.2) is 62.6 Å². The second-order valence-electron chi connectivity index (χ2n) is 9.05. The molecule has 0 unspecified atom stereocenters. The maximum absolute atomic E-state index is 13.1. The molecule has 0 bridgehead atoms. The number of nitrogens with one attached hydrogen (secondary N) is 2. The van der Waals surface area contributed by atoms with E-state index in [1.54, 1.807) is 6.92 Å². The van der Waals surface area contributed by atoms with Crippen LogP contribution in [0, 0.1) is 0 Å². The van der Waals surface area contributed by atoms with Crippen LogP contribution in [0.15, 0.2) is 70.5 Å². The fourth-order valence-corrected chi connectivity index (χ4v) is 5.13. The van der Waals surface area contributed by atoms with E-state index in [1.165, 1.54) is 12.1 Å². The zero-order chi connectivity index (χ0) is 31.9. The van der Waals surface area contributed by atoms with Crippen molar-refractivity contribution in [3.8, 4) is 5.75 Å². The molecular formula is C28H26N2O11S2-2. The minimum Gasteiger partial charge on any atom is -0.744 e. The Bertz CT molecular complexity index is 1780. The Morgan fingerprint density at radius 3 is 1.77 bits per heavy atom. The summed E-state index contributed by atoms with van der Waals surface area (Å²) >= 11 is 0. The van der Waals surface area contributed by atoms with Gasteiger partial charge in [0.1, 0.15) is 26.0 Å². The third kappa shape index (κ3) is 8.32. The van der Waals surface area contributed by atoms with E-state index in [0.29, 0.717) is 13.0 Å². The van der Waals surface area contributed by atoms with Crippen molar-refractivity contribution >= 4 is 43.8 Å². The average molecular weight is 631 g/mol. The number of carbonyl (C=O) groups is 4. The Hall–Kier alpha value is -4.44. The molecule has 0 aliphatic carbocycles. The highest BCUT2D eigenvalue weighted by atomic mass is 32.2. The number of carbonyl (C=O) groups excluding carboxylic acids is 4. The molecule has 0 fully saturated rings. The van der Waals surface area contributed by atoms with Crippen molar-refractivity contribution in [1.29, 1.82) is 0 Å². The number of benzene rings is 3. The summed E-state index contributed by atoms with van der Waals surface area (Å²) in [5, 5.41) is 5.03. The normalized spacial score (nSPS) is 11.4. The van der Waals surface area contributed by atoms with E-state index in [9.17, 15) is 45.1 Å². The molecule has 2 N–H and O–H groups in total. The summed E-state index contributed by atoms with van der Waals surface area (Å²) in [5.74, 6) is -3.90. The molecule has 43 heavy (non-hydrogen) atoms. The molecule has 0 aromatic heterocycles. The number of hydrogen-bond donors (Lipinski definition) is 2. The highest BCUT2D eigenvalue weighted by molar-refractivity contribution is 7.86. The monoisotopic (exact) mass is 630 g/mol. The molecule has 13 nitrogen and oxygen atoms in total. The van der Waals surface area contributed by atoms with Crippen LogP contribution < -0.4 is 15.4 Å². The van der Waals surface area contributed by atoms with Gasteiger partial charge in [-0.15, -0.1) is 0 Å². The van der Waals surface area contributed by atoms with Gasteiger partial charge in [-0.3, -0.25) is 14.4 Å². The zero-order valence-electron chi connectivity index (χ0n) is 22.9. The van der Waals surface area contributed by atoms with Crippen LogP contribution in [0.4, 0.5) is 0 Å². The number of ether oxygens (including phenoxy) is 1. The first-order chi connectivity index (χ1) is 20.2. The van der Waals surface area contributed by atoms with E-state index < -0.39 is 64.9 Å². The Morgan fingerprint density at radius 1 is 0.698 bits per heavy atom. The Morgan fingerprint density at radius 2 is 1.21 bits per heavy atom. The Balaban J connectivity index is 1.86. The van der Waals surface area contributed by atoms with Crippen LogP contribution in [0.3, 0.4) is 0 Å². The lowest BCUT2D eigenvalue weighted by Gasteiger charge is -2.15. The van der Waals surface area contributed by atoms with Crippen molar-refractivity contribution in [3.63, 3.8) is 0 Å². The molecular weight excluding hydrogens is 604 g/mol. The first-order valence-electron chi connectivity index (χ1n) is 12.8. The maximum Gasteiger partial charge on any atom is 0.343 e. The lowest BCUT2D eigenvalue weighted by molar-refractivity contribution is 0.0729. The molecule has 0 saturated carbocycles. The van der Waals surface area contributed by atoms with E-state index in [4.69, 9.17) is 4.74 Å². The van der Waals surface area contributed by atoms with Crippen molar-refractivity contribution < 1.29 is 49.9 Å². The standard InChI is InChI=1S/C28H28N2O11S2/c1-3-5-14-30-27(33)20-11-13-22(24(16-20)43(38,39)40)41-28(34)18-8-6-17(7-9-18)25(31)21-12-10-19(26(32)29-4-2)15-23(21)42(35,36)37/h6-13,15-16H,3-5,14H2,1-2H3,(H,29,32)(H,30,33)(H,35,36,37)(H,38,39,40)/p-2. The molecule has 0 aliphatic heterocycles. The zero-order valence-corrected chi connectivity index (χ0v) is 24.5. The SMILES string of the molecule is CCCCNC(=O)c1ccc(OC(=O)c2ccc(C(=O)c3ccc(C(=O)NCC)cc3S(=O)(=O)[O-])cc2)c(S(=O)(=O)[O-])c1. The molecule has 0 spiro atoms. The minimum absolute atomic E-state index is 0.131. The van der Waals surface area contributed by atoms with E-state index in [2.05, 4.69) is 10.6 Å². The summed E-state index contributed by atoms with van der Waals surface area (Å²) < 4.78 is 76.2. The number of esters is 1. The number of rotatable bonds is 12. The predicted molar refractivity (Wildman–Crippen MR) is 149 cm³/mol. The molecule has 0 atom stereocenters. The lowest BCUT2D eigenvalue weighted by Crippen LogP contribution is -2.24. The van der Waals surface area contributed by atoms with Crippen molar-refractivity contribution in [2.24, 2.45) is 0 Å². The van der Waals surface area contributed by atoms with Gasteiger partial charge < -0.3 is 24.5 Å². The minimum atomic E-state index is -5.17. The fraction of sp³-hybridized carbons (Fsp3) is 0.214. The molecule has 3 aromatic rings. The molecule has 228 valence electrons. The first-order valence-corrected chi connectivity index (χ1v) is 15.6. The molecule has 0 aliphatic rings. The molecule has 3 aromatic carbocycles. The third-order valence-corrected chi connectivity index (χ3v) is 7.71. The summed E-state index contributed by atoms with van der Waals surface area (Å²) in [6.45, 7) is 4.12. The second-order valence-corrected chi connectivity index (χ2v) is 11.7. The highest BCUT2D eigenvalue weighted by Crippen LogP contribution is 2.27. The summed E-state index contributed by atoms with van der Waals surface area (Å²) in [6, 6.07) is 10.5. The van der Waals surface area contributed by atoms with Crippen LogP contribution in [0.2, 0.25) is 0 Å². The Labute approximate surface area is 247 Å². The number of unbranched alkanes of at least 4 members (excludes halogenated alkanes) is 1. The van der Waals surface area contributed by atoms with E-state index in [-0.39, 0.29) is 28.8 Å². The predicted octanol–water partition coefficient (Wildman–Crippen LogP) is 2.22. The first kappa shape index (κ1) is 33.1. The number of hydrogen-bond acceptors (Lipinski definition) is 11. The van der Waals surface area contributed by atoms with Gasteiger partial charge in [0.2, 0.25) is 0 Å². The van der Waals surface area contributed by atoms with Gasteiger partial charge >= 0.3 is 5.97 Å². The van der Waals surface area contributed by atoms with Gasteiger partial charge in [0.15, 0.2) is 5.78 Å². The van der Waals surface area contributed by atoms with Crippen molar-refractivity contribution in [3.05, 3.63) is 88.5 Å². The summed E-state index contributed by atoms with van der Waals surface area (Å²) in [6.07, 6.45) is 1.49. The van der Waals surface area contributed by atoms with Crippen LogP contribution >= 0.6 is 0 Å². The Kier molecular flexibility index (Phi) is 10.5. The van der Waals surface area contributed by atoms with Gasteiger partial charge in [-0.2, -0.15) is 0 Å². The van der Waals surface area contributed by atoms with Gasteiger partial charge in [-0.1, -0.05) is 25.5 Å². The average Bonchev–Trinajstić information content (AvgIpc) is 2.96. The van der Waals surface area contributed by atoms with Gasteiger partial charge in [0, 0.05) is 35.3 Å². The van der Waals surface area contributed by atoms with Crippen molar-refractivity contribution in [2.45, 2.75) is 36.5 Å². The quantitative estimate of drug-likeness (QED) is 0.0972. The summed E-state index contributed by atoms with van der Waals surface area (Å²) in [5.41, 5.74) is -1.09. The number of ketones is 1. The molecule has 15 heteroatoms. The van der Waals surface area contributed by atoms with Crippen LogP contribution in [0.25, 0.3) is 0 Å². The van der Waals surface area contributed by atoms with Gasteiger partial charge in [-0.25, -0.2) is 21.6 Å². The molecule has 0 radical (unpaired) electrons. The smallest absolute Gasteiger partial charge is 0.343 e. The van der Waals surface area contributed by atoms with E-state index in [0.717, 1.165) is 55.0 Å². The maximum atomic E-state index is 13.1. The lowest BCUT2D eigenvalue weighted by atomic mass is 10.0.